The van der Waals surface area contributed by atoms with Crippen LogP contribution in [0.5, 0.6) is 0 Å². The number of rotatable bonds is 36. The molecule has 0 aromatic rings. The SMILES string of the molecule is CCCCCCCCCCCCCCCCCCC(CCCCCCCCCCCCCCCCCC)OP(=O)(O)O. The van der Waals surface area contributed by atoms with Gasteiger partial charge >= 0.3 is 7.82 Å². The summed E-state index contributed by atoms with van der Waals surface area (Å²) in [6.07, 6.45) is 44.2. The van der Waals surface area contributed by atoms with Gasteiger partial charge in [0.15, 0.2) is 0 Å². The first-order valence-corrected chi connectivity index (χ1v) is 20.8. The van der Waals surface area contributed by atoms with Crippen molar-refractivity contribution in [2.24, 2.45) is 0 Å². The fraction of sp³-hybridized carbons (Fsp3) is 1.00. The summed E-state index contributed by atoms with van der Waals surface area (Å²) >= 11 is 0. The van der Waals surface area contributed by atoms with Gasteiger partial charge in [-0.25, -0.2) is 4.57 Å². The predicted molar refractivity (Wildman–Crippen MR) is 185 cm³/mol. The predicted octanol–water partition coefficient (Wildman–Crippen LogP) is 13.8. The van der Waals surface area contributed by atoms with Crippen LogP contribution in [-0.2, 0) is 9.09 Å². The van der Waals surface area contributed by atoms with E-state index in [0.29, 0.717) is 0 Å². The van der Waals surface area contributed by atoms with E-state index in [4.69, 9.17) is 4.52 Å². The van der Waals surface area contributed by atoms with Gasteiger partial charge in [-0.2, -0.15) is 0 Å². The topological polar surface area (TPSA) is 66.8 Å². The van der Waals surface area contributed by atoms with Crippen LogP contribution in [0.4, 0.5) is 0 Å². The van der Waals surface area contributed by atoms with Crippen LogP contribution in [0.3, 0.4) is 0 Å². The first-order chi connectivity index (χ1) is 20.5. The average Bonchev–Trinajstić information content (AvgIpc) is 2.95. The Labute approximate surface area is 264 Å². The Balaban J connectivity index is 3.57. The van der Waals surface area contributed by atoms with Crippen LogP contribution in [0.15, 0.2) is 0 Å². The normalized spacial score (nSPS) is 12.1. The lowest BCUT2D eigenvalue weighted by Gasteiger charge is -2.18. The monoisotopic (exact) mass is 617 g/mol. The maximum atomic E-state index is 11.5. The molecule has 0 saturated carbocycles. The average molecular weight is 617 g/mol. The van der Waals surface area contributed by atoms with Crippen LogP contribution in [0.25, 0.3) is 0 Å². The van der Waals surface area contributed by atoms with Gasteiger partial charge in [-0.3, -0.25) is 4.52 Å². The minimum Gasteiger partial charge on any atom is -0.303 e. The molecule has 254 valence electrons. The largest absolute Gasteiger partial charge is 0.469 e. The molecule has 0 aromatic carbocycles. The lowest BCUT2D eigenvalue weighted by Crippen LogP contribution is -2.11. The third-order valence-electron chi connectivity index (χ3n) is 9.05. The van der Waals surface area contributed by atoms with E-state index in [-0.39, 0.29) is 6.10 Å². The molecule has 0 fully saturated rings. The second-order valence-electron chi connectivity index (χ2n) is 13.4. The van der Waals surface area contributed by atoms with Gasteiger partial charge in [0.05, 0.1) is 6.10 Å². The summed E-state index contributed by atoms with van der Waals surface area (Å²) in [6.45, 7) is 4.56. The van der Waals surface area contributed by atoms with Crippen molar-refractivity contribution in [3.05, 3.63) is 0 Å². The fourth-order valence-corrected chi connectivity index (χ4v) is 6.88. The molecule has 2 N–H and O–H groups in total. The van der Waals surface area contributed by atoms with E-state index in [2.05, 4.69) is 13.8 Å². The number of unbranched alkanes of at least 4 members (excludes halogenated alkanes) is 30. The molecule has 0 aromatic heterocycles. The zero-order chi connectivity index (χ0) is 30.8. The molecule has 0 aliphatic heterocycles. The van der Waals surface area contributed by atoms with Gasteiger partial charge in [0, 0.05) is 0 Å². The number of hydrogen-bond donors (Lipinski definition) is 2. The smallest absolute Gasteiger partial charge is 0.303 e. The molecule has 0 spiro atoms. The highest BCUT2D eigenvalue weighted by Gasteiger charge is 2.21. The van der Waals surface area contributed by atoms with Gasteiger partial charge in [0.2, 0.25) is 0 Å². The van der Waals surface area contributed by atoms with Crippen molar-refractivity contribution in [2.45, 2.75) is 238 Å². The van der Waals surface area contributed by atoms with E-state index < -0.39 is 7.82 Å². The molecule has 4 nitrogen and oxygen atoms in total. The molecule has 0 rings (SSSR count). The standard InChI is InChI=1S/C37H77O4P/c1-3-5-7-9-11-13-15-17-19-21-23-25-27-29-31-33-35-37(41-42(38,39)40)36-34-32-30-28-26-24-22-20-18-16-14-12-10-8-6-4-2/h37H,3-36H2,1-2H3,(H2,38,39,40). The van der Waals surface area contributed by atoms with Crippen LogP contribution >= 0.6 is 7.82 Å². The van der Waals surface area contributed by atoms with Crippen LogP contribution in [0.2, 0.25) is 0 Å². The number of phosphoric ester groups is 1. The Bertz CT molecular complexity index is 514. The number of phosphoric acid groups is 1. The molecule has 0 saturated heterocycles. The molecule has 0 radical (unpaired) electrons. The van der Waals surface area contributed by atoms with Gasteiger partial charge in [0.1, 0.15) is 0 Å². The van der Waals surface area contributed by atoms with Crippen molar-refractivity contribution >= 4 is 7.82 Å². The van der Waals surface area contributed by atoms with Crippen LogP contribution in [-0.4, -0.2) is 15.9 Å². The molecular formula is C37H77O4P. The second-order valence-corrected chi connectivity index (χ2v) is 14.6. The van der Waals surface area contributed by atoms with Crippen LogP contribution in [0, 0.1) is 0 Å². The summed E-state index contributed by atoms with van der Waals surface area (Å²) < 4.78 is 16.6. The zero-order valence-electron chi connectivity index (χ0n) is 28.8. The van der Waals surface area contributed by atoms with Gasteiger partial charge in [-0.15, -0.1) is 0 Å². The summed E-state index contributed by atoms with van der Waals surface area (Å²) in [7, 11) is -4.40. The maximum absolute atomic E-state index is 11.5. The molecular weight excluding hydrogens is 539 g/mol. The van der Waals surface area contributed by atoms with Crippen molar-refractivity contribution in [1.29, 1.82) is 0 Å². The summed E-state index contributed by atoms with van der Waals surface area (Å²) in [5.74, 6) is 0. The lowest BCUT2D eigenvalue weighted by molar-refractivity contribution is 0.115. The minimum absolute atomic E-state index is 0.288. The Morgan fingerprint density at radius 2 is 0.571 bits per heavy atom. The van der Waals surface area contributed by atoms with E-state index in [1.54, 1.807) is 0 Å². The molecule has 0 unspecified atom stereocenters. The molecule has 0 aliphatic carbocycles. The molecule has 0 atom stereocenters. The summed E-state index contributed by atoms with van der Waals surface area (Å²) in [5.41, 5.74) is 0. The van der Waals surface area contributed by atoms with Crippen molar-refractivity contribution in [3.63, 3.8) is 0 Å². The first-order valence-electron chi connectivity index (χ1n) is 19.2. The van der Waals surface area contributed by atoms with Crippen molar-refractivity contribution < 1.29 is 18.9 Å². The van der Waals surface area contributed by atoms with Gasteiger partial charge in [-0.1, -0.05) is 219 Å². The van der Waals surface area contributed by atoms with E-state index in [9.17, 15) is 14.4 Å². The van der Waals surface area contributed by atoms with Gasteiger partial charge in [-0.05, 0) is 12.8 Å². The van der Waals surface area contributed by atoms with Crippen LogP contribution in [0.1, 0.15) is 232 Å². The van der Waals surface area contributed by atoms with E-state index in [1.165, 1.54) is 180 Å². The van der Waals surface area contributed by atoms with E-state index in [1.807, 2.05) is 0 Å². The highest BCUT2D eigenvalue weighted by Crippen LogP contribution is 2.39. The molecule has 0 aliphatic rings. The van der Waals surface area contributed by atoms with Crippen LogP contribution < -0.4 is 0 Å². The molecule has 0 heterocycles. The Kier molecular flexibility index (Phi) is 34.1. The highest BCUT2D eigenvalue weighted by atomic mass is 31.2. The maximum Gasteiger partial charge on any atom is 0.469 e. The Morgan fingerprint density at radius 3 is 0.762 bits per heavy atom. The zero-order valence-corrected chi connectivity index (χ0v) is 29.7. The molecule has 0 bridgehead atoms. The summed E-state index contributed by atoms with van der Waals surface area (Å²) in [4.78, 5) is 18.7. The third-order valence-corrected chi connectivity index (χ3v) is 9.62. The van der Waals surface area contributed by atoms with E-state index >= 15 is 0 Å². The lowest BCUT2D eigenvalue weighted by atomic mass is 10.0. The first kappa shape index (κ1) is 42.1. The number of hydrogen-bond acceptors (Lipinski definition) is 2. The third kappa shape index (κ3) is 36.3. The molecule has 42 heavy (non-hydrogen) atoms. The van der Waals surface area contributed by atoms with Crippen molar-refractivity contribution in [3.8, 4) is 0 Å². The van der Waals surface area contributed by atoms with Crippen molar-refractivity contribution in [1.82, 2.24) is 0 Å². The summed E-state index contributed by atoms with van der Waals surface area (Å²) in [6, 6.07) is 0. The molecule has 0 amide bonds. The van der Waals surface area contributed by atoms with Crippen molar-refractivity contribution in [2.75, 3.05) is 0 Å². The van der Waals surface area contributed by atoms with Gasteiger partial charge < -0.3 is 9.79 Å². The summed E-state index contributed by atoms with van der Waals surface area (Å²) in [5, 5.41) is 0. The quantitative estimate of drug-likeness (QED) is 0.0543. The minimum atomic E-state index is -4.40. The molecule has 5 heteroatoms. The highest BCUT2D eigenvalue weighted by molar-refractivity contribution is 7.46. The Hall–Kier alpha value is 0.110. The fourth-order valence-electron chi connectivity index (χ4n) is 6.28. The van der Waals surface area contributed by atoms with E-state index in [0.717, 1.165) is 38.5 Å². The Morgan fingerprint density at radius 1 is 0.381 bits per heavy atom. The second kappa shape index (κ2) is 34.0. The van der Waals surface area contributed by atoms with Gasteiger partial charge in [0.25, 0.3) is 0 Å².